The van der Waals surface area contributed by atoms with E-state index < -0.39 is 11.9 Å². The average molecular weight is 327 g/mol. The van der Waals surface area contributed by atoms with E-state index in [1.807, 2.05) is 6.07 Å². The van der Waals surface area contributed by atoms with Crippen molar-refractivity contribution < 1.29 is 24.2 Å². The molecule has 0 bridgehead atoms. The lowest BCUT2D eigenvalue weighted by molar-refractivity contribution is -0.138. The molecule has 0 aromatic heterocycles. The number of carbonyl (C=O) groups is 2. The highest BCUT2D eigenvalue weighted by Crippen LogP contribution is 2.33. The number of carboxylic acid groups (broad SMARTS) is 1. The van der Waals surface area contributed by atoms with Gasteiger partial charge in [-0.2, -0.15) is 0 Å². The first-order chi connectivity index (χ1) is 11.7. The molecule has 124 valence electrons. The van der Waals surface area contributed by atoms with Crippen molar-refractivity contribution in [1.82, 2.24) is 5.32 Å². The standard InChI is InChI=1S/C18H17NO5/c20-17(13-7-4-8-15-16(13)24-10-9-23-15)19-11-14(18(21)22)12-5-2-1-3-6-12/h1-8,14H,9-11H2,(H,19,20)(H,21,22)/t14-/m1/s1. The molecule has 1 atom stereocenters. The van der Waals surface area contributed by atoms with Crippen molar-refractivity contribution in [3.8, 4) is 11.5 Å². The van der Waals surface area contributed by atoms with Crippen LogP contribution in [0.2, 0.25) is 0 Å². The third-order valence-corrected chi connectivity index (χ3v) is 3.78. The Labute approximate surface area is 139 Å². The fourth-order valence-electron chi connectivity index (χ4n) is 2.58. The molecule has 0 radical (unpaired) electrons. The van der Waals surface area contributed by atoms with Gasteiger partial charge in [0, 0.05) is 6.54 Å². The van der Waals surface area contributed by atoms with Crippen molar-refractivity contribution in [1.29, 1.82) is 0 Å². The maximum Gasteiger partial charge on any atom is 0.312 e. The average Bonchev–Trinajstić information content (AvgIpc) is 2.62. The van der Waals surface area contributed by atoms with Gasteiger partial charge in [0.2, 0.25) is 0 Å². The van der Waals surface area contributed by atoms with Crippen LogP contribution in [0, 0.1) is 0 Å². The molecule has 1 aliphatic heterocycles. The first-order valence-corrected chi connectivity index (χ1v) is 7.61. The summed E-state index contributed by atoms with van der Waals surface area (Å²) in [6.07, 6.45) is 0. The lowest BCUT2D eigenvalue weighted by Gasteiger charge is -2.21. The minimum Gasteiger partial charge on any atom is -0.486 e. The molecule has 3 rings (SSSR count). The topological polar surface area (TPSA) is 84.9 Å². The Morgan fingerprint density at radius 2 is 1.79 bits per heavy atom. The molecule has 1 aliphatic rings. The molecule has 6 nitrogen and oxygen atoms in total. The number of rotatable bonds is 5. The van der Waals surface area contributed by atoms with E-state index in [4.69, 9.17) is 9.47 Å². The van der Waals surface area contributed by atoms with Gasteiger partial charge in [-0.1, -0.05) is 36.4 Å². The van der Waals surface area contributed by atoms with Crippen molar-refractivity contribution in [3.63, 3.8) is 0 Å². The summed E-state index contributed by atoms with van der Waals surface area (Å²) in [5.41, 5.74) is 0.976. The second kappa shape index (κ2) is 7.04. The van der Waals surface area contributed by atoms with Gasteiger partial charge in [0.05, 0.1) is 11.5 Å². The smallest absolute Gasteiger partial charge is 0.312 e. The summed E-state index contributed by atoms with van der Waals surface area (Å²) < 4.78 is 11.0. The SMILES string of the molecule is O=C(NC[C@@H](C(=O)O)c1ccccc1)c1cccc2c1OCCO2. The summed E-state index contributed by atoms with van der Waals surface area (Å²) in [6.45, 7) is 0.801. The lowest BCUT2D eigenvalue weighted by atomic mass is 9.99. The Kier molecular flexibility index (Phi) is 4.65. The molecule has 2 N–H and O–H groups in total. The number of para-hydroxylation sites is 1. The Morgan fingerprint density at radius 3 is 2.54 bits per heavy atom. The van der Waals surface area contributed by atoms with Gasteiger partial charge in [-0.15, -0.1) is 0 Å². The van der Waals surface area contributed by atoms with E-state index in [-0.39, 0.29) is 12.5 Å². The number of nitrogens with one attached hydrogen (secondary N) is 1. The number of amides is 1. The molecule has 0 saturated carbocycles. The van der Waals surface area contributed by atoms with Crippen LogP contribution in [0.4, 0.5) is 0 Å². The molecule has 0 spiro atoms. The number of ether oxygens (including phenoxy) is 2. The van der Waals surface area contributed by atoms with E-state index in [1.165, 1.54) is 0 Å². The Hall–Kier alpha value is -3.02. The second-order valence-corrected chi connectivity index (χ2v) is 5.34. The van der Waals surface area contributed by atoms with E-state index in [0.717, 1.165) is 0 Å². The largest absolute Gasteiger partial charge is 0.486 e. The van der Waals surface area contributed by atoms with Crippen LogP contribution in [0.3, 0.4) is 0 Å². The van der Waals surface area contributed by atoms with E-state index in [1.54, 1.807) is 42.5 Å². The van der Waals surface area contributed by atoms with Gasteiger partial charge < -0.3 is 19.9 Å². The maximum absolute atomic E-state index is 12.4. The monoisotopic (exact) mass is 327 g/mol. The second-order valence-electron chi connectivity index (χ2n) is 5.34. The predicted molar refractivity (Wildman–Crippen MR) is 86.6 cm³/mol. The zero-order valence-corrected chi connectivity index (χ0v) is 12.9. The van der Waals surface area contributed by atoms with Gasteiger partial charge in [0.25, 0.3) is 5.91 Å². The van der Waals surface area contributed by atoms with Crippen molar-refractivity contribution in [2.75, 3.05) is 19.8 Å². The highest BCUT2D eigenvalue weighted by atomic mass is 16.6. The number of benzene rings is 2. The number of aliphatic carboxylic acids is 1. The van der Waals surface area contributed by atoms with Crippen molar-refractivity contribution in [2.45, 2.75) is 5.92 Å². The minimum absolute atomic E-state index is 0.0112. The molecule has 2 aromatic carbocycles. The number of fused-ring (bicyclic) bond motifs is 1. The Morgan fingerprint density at radius 1 is 1.04 bits per heavy atom. The van der Waals surface area contributed by atoms with Crippen LogP contribution in [-0.2, 0) is 4.79 Å². The van der Waals surface area contributed by atoms with Crippen LogP contribution >= 0.6 is 0 Å². The summed E-state index contributed by atoms with van der Waals surface area (Å²) in [6, 6.07) is 13.9. The van der Waals surface area contributed by atoms with E-state index in [9.17, 15) is 14.7 Å². The predicted octanol–water partition coefficient (Wildman–Crippen LogP) is 2.06. The molecule has 24 heavy (non-hydrogen) atoms. The van der Waals surface area contributed by atoms with Crippen molar-refractivity contribution >= 4 is 11.9 Å². The number of carboxylic acids is 1. The molecule has 6 heteroatoms. The summed E-state index contributed by atoms with van der Waals surface area (Å²) >= 11 is 0. The normalized spacial score (nSPS) is 13.8. The number of carbonyl (C=O) groups excluding carboxylic acids is 1. The third-order valence-electron chi connectivity index (χ3n) is 3.78. The van der Waals surface area contributed by atoms with Gasteiger partial charge in [-0.3, -0.25) is 9.59 Å². The van der Waals surface area contributed by atoms with Crippen LogP contribution < -0.4 is 14.8 Å². The van der Waals surface area contributed by atoms with Gasteiger partial charge >= 0.3 is 5.97 Å². The highest BCUT2D eigenvalue weighted by molar-refractivity contribution is 5.98. The van der Waals surface area contributed by atoms with Crippen LogP contribution in [0.15, 0.2) is 48.5 Å². The van der Waals surface area contributed by atoms with Gasteiger partial charge in [0.15, 0.2) is 11.5 Å². The molecule has 1 heterocycles. The number of hydrogen-bond donors (Lipinski definition) is 2. The molecule has 1 amide bonds. The van der Waals surface area contributed by atoms with E-state index in [0.29, 0.717) is 35.8 Å². The first-order valence-electron chi connectivity index (χ1n) is 7.61. The molecule has 0 unspecified atom stereocenters. The van der Waals surface area contributed by atoms with Gasteiger partial charge in [-0.05, 0) is 17.7 Å². The maximum atomic E-state index is 12.4. The Bertz CT molecular complexity index is 744. The molecule has 0 aliphatic carbocycles. The van der Waals surface area contributed by atoms with Crippen LogP contribution in [0.25, 0.3) is 0 Å². The fraction of sp³-hybridized carbons (Fsp3) is 0.222. The molecule has 0 fully saturated rings. The van der Waals surface area contributed by atoms with Crippen molar-refractivity contribution in [2.24, 2.45) is 0 Å². The summed E-state index contributed by atoms with van der Waals surface area (Å²) in [4.78, 5) is 23.9. The zero-order chi connectivity index (χ0) is 16.9. The van der Waals surface area contributed by atoms with Crippen LogP contribution in [-0.4, -0.2) is 36.7 Å². The third kappa shape index (κ3) is 3.32. The first kappa shape index (κ1) is 15.9. The van der Waals surface area contributed by atoms with Crippen LogP contribution in [0.5, 0.6) is 11.5 Å². The summed E-state index contributed by atoms with van der Waals surface area (Å²) in [5, 5.41) is 12.1. The van der Waals surface area contributed by atoms with Crippen LogP contribution in [0.1, 0.15) is 21.8 Å². The van der Waals surface area contributed by atoms with E-state index >= 15 is 0 Å². The van der Waals surface area contributed by atoms with Gasteiger partial charge in [0.1, 0.15) is 13.2 Å². The van der Waals surface area contributed by atoms with E-state index in [2.05, 4.69) is 5.32 Å². The highest BCUT2D eigenvalue weighted by Gasteiger charge is 2.23. The molecule has 2 aromatic rings. The fourth-order valence-corrected chi connectivity index (χ4v) is 2.58. The Balaban J connectivity index is 1.74. The molecule has 0 saturated heterocycles. The molecular formula is C18H17NO5. The summed E-state index contributed by atoms with van der Waals surface area (Å²) in [5.74, 6) is -1.28. The lowest BCUT2D eigenvalue weighted by Crippen LogP contribution is -2.32. The van der Waals surface area contributed by atoms with Crippen molar-refractivity contribution in [3.05, 3.63) is 59.7 Å². The number of hydrogen-bond acceptors (Lipinski definition) is 4. The zero-order valence-electron chi connectivity index (χ0n) is 12.9. The summed E-state index contributed by atoms with van der Waals surface area (Å²) in [7, 11) is 0. The molecular weight excluding hydrogens is 310 g/mol. The van der Waals surface area contributed by atoms with Gasteiger partial charge in [-0.25, -0.2) is 0 Å². The minimum atomic E-state index is -0.990. The quantitative estimate of drug-likeness (QED) is 0.878.